The van der Waals surface area contributed by atoms with Crippen LogP contribution in [0.4, 0.5) is 15.9 Å². The minimum atomic E-state index is -3.45. The molecule has 1 aromatic heterocycles. The second-order valence-electron chi connectivity index (χ2n) is 7.70. The maximum absolute atomic E-state index is 13.8. The van der Waals surface area contributed by atoms with E-state index in [0.29, 0.717) is 18.8 Å². The number of nitrogens with one attached hydrogen (secondary N) is 1. The average molecular weight is 419 g/mol. The van der Waals surface area contributed by atoms with Crippen molar-refractivity contribution in [3.63, 3.8) is 0 Å². The van der Waals surface area contributed by atoms with Crippen LogP contribution in [0.3, 0.4) is 0 Å². The summed E-state index contributed by atoms with van der Waals surface area (Å²) in [6, 6.07) is 10.4. The molecule has 156 valence electrons. The van der Waals surface area contributed by atoms with E-state index in [1.54, 1.807) is 28.6 Å². The van der Waals surface area contributed by atoms with Crippen LogP contribution in [-0.4, -0.2) is 49.9 Å². The number of hydrogen-bond acceptors (Lipinski definition) is 5. The Hall–Kier alpha value is -2.19. The number of halogens is 1. The molecule has 0 atom stereocenters. The molecule has 0 amide bonds. The molecule has 1 N–H and O–H groups in total. The van der Waals surface area contributed by atoms with E-state index < -0.39 is 10.0 Å². The third kappa shape index (κ3) is 4.53. The number of anilines is 2. The zero-order chi connectivity index (χ0) is 20.3. The second kappa shape index (κ2) is 8.67. The Morgan fingerprint density at radius 1 is 0.966 bits per heavy atom. The molecular formula is C21H27FN4O2S. The van der Waals surface area contributed by atoms with E-state index in [9.17, 15) is 12.8 Å². The zero-order valence-corrected chi connectivity index (χ0v) is 17.2. The predicted molar refractivity (Wildman–Crippen MR) is 112 cm³/mol. The Balaban J connectivity index is 1.36. The summed E-state index contributed by atoms with van der Waals surface area (Å²) in [5.74, 6) is 0.550. The van der Waals surface area contributed by atoms with Gasteiger partial charge in [-0.1, -0.05) is 18.6 Å². The van der Waals surface area contributed by atoms with E-state index in [2.05, 4.69) is 15.2 Å². The molecule has 0 radical (unpaired) electrons. The summed E-state index contributed by atoms with van der Waals surface area (Å²) in [5, 5.41) is 3.28. The van der Waals surface area contributed by atoms with Crippen LogP contribution in [0, 0.1) is 5.82 Å². The summed E-state index contributed by atoms with van der Waals surface area (Å²) >= 11 is 0. The van der Waals surface area contributed by atoms with Gasteiger partial charge in [-0.25, -0.2) is 17.8 Å². The third-order valence-corrected chi connectivity index (χ3v) is 7.61. The van der Waals surface area contributed by atoms with Crippen molar-refractivity contribution >= 4 is 21.5 Å². The molecule has 29 heavy (non-hydrogen) atoms. The molecule has 0 spiro atoms. The summed E-state index contributed by atoms with van der Waals surface area (Å²) in [6.45, 7) is 2.76. The molecule has 2 aliphatic rings. The summed E-state index contributed by atoms with van der Waals surface area (Å²) < 4.78 is 40.9. The number of para-hydroxylation sites is 1. The van der Waals surface area contributed by atoms with Crippen LogP contribution < -0.4 is 10.2 Å². The lowest BCUT2D eigenvalue weighted by Crippen LogP contribution is -2.39. The Morgan fingerprint density at radius 3 is 2.34 bits per heavy atom. The van der Waals surface area contributed by atoms with Crippen LogP contribution in [0.5, 0.6) is 0 Å². The third-order valence-electron chi connectivity index (χ3n) is 5.73. The molecule has 6 nitrogen and oxygen atoms in total. The highest BCUT2D eigenvalue weighted by atomic mass is 32.2. The fourth-order valence-corrected chi connectivity index (χ4v) is 5.48. The lowest BCUT2D eigenvalue weighted by Gasteiger charge is -2.33. The highest BCUT2D eigenvalue weighted by Crippen LogP contribution is 2.24. The number of rotatable bonds is 5. The Labute approximate surface area is 171 Å². The first-order valence-electron chi connectivity index (χ1n) is 10.3. The fraction of sp³-hybridized carbons (Fsp3) is 0.476. The number of nitrogens with zero attached hydrogens (tertiary/aromatic N) is 3. The van der Waals surface area contributed by atoms with Gasteiger partial charge in [0.2, 0.25) is 10.0 Å². The molecule has 3 heterocycles. The van der Waals surface area contributed by atoms with Crippen LogP contribution in [0.15, 0.2) is 47.5 Å². The average Bonchev–Trinajstić information content (AvgIpc) is 2.77. The lowest BCUT2D eigenvalue weighted by atomic mass is 10.0. The molecule has 2 fully saturated rings. The molecule has 2 saturated heterocycles. The molecule has 1 aromatic carbocycles. The molecule has 4 rings (SSSR count). The van der Waals surface area contributed by atoms with E-state index in [-0.39, 0.29) is 16.8 Å². The van der Waals surface area contributed by atoms with Gasteiger partial charge in [0.15, 0.2) is 0 Å². The molecule has 2 aromatic rings. The monoisotopic (exact) mass is 418 g/mol. The fourth-order valence-electron chi connectivity index (χ4n) is 4.02. The van der Waals surface area contributed by atoms with Gasteiger partial charge in [-0.3, -0.25) is 0 Å². The molecule has 0 bridgehead atoms. The summed E-state index contributed by atoms with van der Waals surface area (Å²) in [7, 11) is -3.45. The smallest absolute Gasteiger partial charge is 0.244 e. The summed E-state index contributed by atoms with van der Waals surface area (Å²) in [6.07, 6.45) is 6.13. The minimum Gasteiger partial charge on any atom is -0.380 e. The van der Waals surface area contributed by atoms with Crippen molar-refractivity contribution in [1.29, 1.82) is 0 Å². The molecular weight excluding hydrogens is 391 g/mol. The predicted octanol–water partition coefficient (Wildman–Crippen LogP) is 3.48. The Bertz CT molecular complexity index is 922. The first-order chi connectivity index (χ1) is 14.0. The van der Waals surface area contributed by atoms with Gasteiger partial charge < -0.3 is 10.2 Å². The largest absolute Gasteiger partial charge is 0.380 e. The topological polar surface area (TPSA) is 65.5 Å². The molecule has 0 unspecified atom stereocenters. The Morgan fingerprint density at radius 2 is 1.69 bits per heavy atom. The lowest BCUT2D eigenvalue weighted by molar-refractivity contribution is 0.346. The molecule has 2 aliphatic heterocycles. The number of aromatic nitrogens is 1. The van der Waals surface area contributed by atoms with Gasteiger partial charge in [-0.2, -0.15) is 4.31 Å². The van der Waals surface area contributed by atoms with E-state index in [0.717, 1.165) is 51.0 Å². The van der Waals surface area contributed by atoms with Crippen LogP contribution in [-0.2, 0) is 10.0 Å². The van der Waals surface area contributed by atoms with Gasteiger partial charge in [0, 0.05) is 38.4 Å². The highest BCUT2D eigenvalue weighted by Gasteiger charge is 2.27. The summed E-state index contributed by atoms with van der Waals surface area (Å²) in [5.41, 5.74) is 0.538. The van der Waals surface area contributed by atoms with Gasteiger partial charge in [0.1, 0.15) is 16.5 Å². The van der Waals surface area contributed by atoms with Gasteiger partial charge in [0.25, 0.3) is 0 Å². The van der Waals surface area contributed by atoms with Crippen molar-refractivity contribution in [2.45, 2.75) is 43.0 Å². The quantitative estimate of drug-likeness (QED) is 0.805. The number of sulfonamides is 1. The first kappa shape index (κ1) is 20.1. The van der Waals surface area contributed by atoms with Gasteiger partial charge >= 0.3 is 0 Å². The van der Waals surface area contributed by atoms with Gasteiger partial charge in [-0.15, -0.1) is 0 Å². The second-order valence-corrected chi connectivity index (χ2v) is 9.64. The van der Waals surface area contributed by atoms with Gasteiger partial charge in [-0.05, 0) is 49.9 Å². The number of benzene rings is 1. The first-order valence-corrected chi connectivity index (χ1v) is 11.7. The number of hydrogen-bond donors (Lipinski definition) is 1. The molecule has 8 heteroatoms. The van der Waals surface area contributed by atoms with Crippen LogP contribution in [0.2, 0.25) is 0 Å². The summed E-state index contributed by atoms with van der Waals surface area (Å²) in [4.78, 5) is 6.84. The minimum absolute atomic E-state index is 0.210. The van der Waals surface area contributed by atoms with Crippen LogP contribution in [0.25, 0.3) is 0 Å². The van der Waals surface area contributed by atoms with Crippen molar-refractivity contribution in [2.75, 3.05) is 36.4 Å². The van der Waals surface area contributed by atoms with Crippen molar-refractivity contribution in [2.24, 2.45) is 0 Å². The van der Waals surface area contributed by atoms with Crippen molar-refractivity contribution in [3.8, 4) is 0 Å². The number of piperidine rings is 2. The van der Waals surface area contributed by atoms with Crippen LogP contribution in [0.1, 0.15) is 32.1 Å². The maximum Gasteiger partial charge on any atom is 0.244 e. The van der Waals surface area contributed by atoms with Gasteiger partial charge in [0.05, 0.1) is 5.69 Å². The van der Waals surface area contributed by atoms with Crippen molar-refractivity contribution in [1.82, 2.24) is 9.29 Å². The van der Waals surface area contributed by atoms with Crippen LogP contribution >= 0.6 is 0 Å². The molecule has 0 aliphatic carbocycles. The Kier molecular flexibility index (Phi) is 6.01. The zero-order valence-electron chi connectivity index (χ0n) is 16.4. The molecule has 0 saturated carbocycles. The highest BCUT2D eigenvalue weighted by molar-refractivity contribution is 7.89. The standard InChI is InChI=1S/C21H27FN4O2S/c22-19-6-2-3-7-20(19)24-17-10-14-25(15-11-17)21-9-8-18(16-23-21)29(27,28)26-12-4-1-5-13-26/h2-3,6-9,16-17,24H,1,4-5,10-15H2. The van der Waals surface area contributed by atoms with E-state index in [1.807, 2.05) is 6.07 Å². The number of pyridine rings is 1. The normalized spacial score (nSPS) is 19.3. The van der Waals surface area contributed by atoms with E-state index in [4.69, 9.17) is 0 Å². The SMILES string of the molecule is O=S(=O)(c1ccc(N2CCC(Nc3ccccc3F)CC2)nc1)N1CCCCC1. The van der Waals surface area contributed by atoms with E-state index in [1.165, 1.54) is 12.3 Å². The van der Waals surface area contributed by atoms with Crippen molar-refractivity contribution in [3.05, 3.63) is 48.4 Å². The van der Waals surface area contributed by atoms with E-state index >= 15 is 0 Å². The maximum atomic E-state index is 13.8. The van der Waals surface area contributed by atoms with Crippen molar-refractivity contribution < 1.29 is 12.8 Å².